The first-order valence-corrected chi connectivity index (χ1v) is 13.1. The lowest BCUT2D eigenvalue weighted by atomic mass is 9.80. The molecule has 0 saturated heterocycles. The van der Waals surface area contributed by atoms with Gasteiger partial charge in [-0.3, -0.25) is 10.1 Å². The molecule has 0 aliphatic carbocycles. The van der Waals surface area contributed by atoms with Crippen LogP contribution in [-0.2, 0) is 30.2 Å². The molecular weight excluding hydrogens is 508 g/mol. The Hall–Kier alpha value is -3.63. The lowest BCUT2D eigenvalue weighted by Gasteiger charge is -2.30. The van der Waals surface area contributed by atoms with Crippen LogP contribution in [0.15, 0.2) is 76.0 Å². The van der Waals surface area contributed by atoms with Crippen molar-refractivity contribution in [1.82, 2.24) is 5.32 Å². The number of thioether (sulfide) groups is 1. The van der Waals surface area contributed by atoms with Crippen molar-refractivity contribution in [3.05, 3.63) is 92.3 Å². The molecule has 1 aliphatic heterocycles. The fraction of sp³-hybridized carbons (Fsp3) is 0.357. The van der Waals surface area contributed by atoms with Crippen molar-refractivity contribution in [2.24, 2.45) is 0 Å². The number of allylic oxidation sites excluding steroid dienone is 2. The van der Waals surface area contributed by atoms with E-state index >= 15 is 0 Å². The Kier molecular flexibility index (Phi) is 10.5. The van der Waals surface area contributed by atoms with E-state index in [4.69, 9.17) is 14.2 Å². The van der Waals surface area contributed by atoms with Crippen LogP contribution in [-0.4, -0.2) is 50.0 Å². The first kappa shape index (κ1) is 28.9. The average Bonchev–Trinajstić information content (AvgIpc) is 2.91. The zero-order valence-electron chi connectivity index (χ0n) is 21.9. The topological polar surface area (TPSA) is 117 Å². The second kappa shape index (κ2) is 13.8. The number of esters is 2. The zero-order chi connectivity index (χ0) is 27.7. The molecule has 0 aromatic heterocycles. The molecule has 0 spiro atoms. The SMILES string of the molecule is COCCc1ccc(SCCCOC(=O)C2=C(C)NC(C)=C(C(=O)OC)C2c2cccc([N+](=O)[O-])c2)cc1. The predicted octanol–water partition coefficient (Wildman–Crippen LogP) is 4.92. The summed E-state index contributed by atoms with van der Waals surface area (Å²) < 4.78 is 15.7. The van der Waals surface area contributed by atoms with Crippen LogP contribution >= 0.6 is 11.8 Å². The predicted molar refractivity (Wildman–Crippen MR) is 145 cm³/mol. The lowest BCUT2D eigenvalue weighted by molar-refractivity contribution is -0.384. The molecule has 202 valence electrons. The molecule has 0 saturated carbocycles. The minimum Gasteiger partial charge on any atom is -0.466 e. The van der Waals surface area contributed by atoms with Crippen molar-refractivity contribution in [3.8, 4) is 0 Å². The van der Waals surface area contributed by atoms with Gasteiger partial charge in [0.05, 0.1) is 42.3 Å². The quantitative estimate of drug-likeness (QED) is 0.132. The van der Waals surface area contributed by atoms with Crippen molar-refractivity contribution in [3.63, 3.8) is 0 Å². The number of nitrogens with zero attached hydrogens (tertiary/aromatic N) is 1. The molecule has 0 radical (unpaired) electrons. The second-order valence-corrected chi connectivity index (χ2v) is 9.87. The third-order valence-electron chi connectivity index (χ3n) is 6.11. The maximum atomic E-state index is 13.3. The largest absolute Gasteiger partial charge is 0.466 e. The third kappa shape index (κ3) is 7.23. The van der Waals surface area contributed by atoms with Crippen LogP contribution in [0.1, 0.15) is 37.3 Å². The Bertz CT molecular complexity index is 1240. The van der Waals surface area contributed by atoms with Gasteiger partial charge >= 0.3 is 11.9 Å². The van der Waals surface area contributed by atoms with Crippen molar-refractivity contribution >= 4 is 29.4 Å². The van der Waals surface area contributed by atoms with Crippen LogP contribution in [0.2, 0.25) is 0 Å². The number of methoxy groups -OCH3 is 2. The maximum Gasteiger partial charge on any atom is 0.336 e. The van der Waals surface area contributed by atoms with Gasteiger partial charge in [-0.05, 0) is 49.9 Å². The summed E-state index contributed by atoms with van der Waals surface area (Å²) in [5.41, 5.74) is 2.94. The van der Waals surface area contributed by atoms with Crippen molar-refractivity contribution < 1.29 is 28.7 Å². The van der Waals surface area contributed by atoms with Crippen LogP contribution in [0, 0.1) is 10.1 Å². The number of hydrogen-bond acceptors (Lipinski definition) is 9. The number of nitro groups is 1. The summed E-state index contributed by atoms with van der Waals surface area (Å²) in [6.07, 6.45) is 1.49. The van der Waals surface area contributed by atoms with Crippen molar-refractivity contribution in [2.45, 2.75) is 37.5 Å². The highest BCUT2D eigenvalue weighted by atomic mass is 32.2. The molecule has 1 heterocycles. The average molecular weight is 541 g/mol. The molecular formula is C28H32N2O7S. The number of ether oxygens (including phenoxy) is 3. The highest BCUT2D eigenvalue weighted by molar-refractivity contribution is 7.99. The molecule has 9 nitrogen and oxygen atoms in total. The number of dihydropyridines is 1. The standard InChI is InChI=1S/C28H32N2O7S/c1-18-24(27(31)36-4)26(21-7-5-8-22(17-21)30(33)34)25(19(2)29-18)28(32)37-14-6-16-38-23-11-9-20(10-12-23)13-15-35-3/h5,7-12,17,26,29H,6,13-16H2,1-4H3. The smallest absolute Gasteiger partial charge is 0.336 e. The van der Waals surface area contributed by atoms with Gasteiger partial charge in [-0.25, -0.2) is 9.59 Å². The van der Waals surface area contributed by atoms with Gasteiger partial charge in [0.2, 0.25) is 0 Å². The van der Waals surface area contributed by atoms with Gasteiger partial charge in [-0.2, -0.15) is 0 Å². The van der Waals surface area contributed by atoms with E-state index in [-0.39, 0.29) is 23.4 Å². The Morgan fingerprint density at radius 1 is 1.00 bits per heavy atom. The van der Waals surface area contributed by atoms with Gasteiger partial charge in [0.1, 0.15) is 0 Å². The summed E-state index contributed by atoms with van der Waals surface area (Å²) in [5.74, 6) is -1.34. The second-order valence-electron chi connectivity index (χ2n) is 8.70. The Labute approximate surface area is 226 Å². The minimum absolute atomic E-state index is 0.142. The minimum atomic E-state index is -0.873. The van der Waals surface area contributed by atoms with Gasteiger partial charge < -0.3 is 19.5 Å². The molecule has 10 heteroatoms. The summed E-state index contributed by atoms with van der Waals surface area (Å²) in [7, 11) is 2.93. The van der Waals surface area contributed by atoms with Gasteiger partial charge in [0.25, 0.3) is 5.69 Å². The molecule has 1 atom stereocenters. The Morgan fingerprint density at radius 2 is 1.68 bits per heavy atom. The lowest BCUT2D eigenvalue weighted by Crippen LogP contribution is -2.32. The third-order valence-corrected chi connectivity index (χ3v) is 7.21. The number of carbonyl (C=O) groups excluding carboxylic acids is 2. The number of benzene rings is 2. The molecule has 0 fully saturated rings. The fourth-order valence-corrected chi connectivity index (χ4v) is 5.09. The van der Waals surface area contributed by atoms with Crippen LogP contribution in [0.3, 0.4) is 0 Å². The zero-order valence-corrected chi connectivity index (χ0v) is 22.8. The van der Waals surface area contributed by atoms with E-state index in [0.29, 0.717) is 30.0 Å². The summed E-state index contributed by atoms with van der Waals surface area (Å²) in [6, 6.07) is 14.2. The maximum absolute atomic E-state index is 13.3. The van der Waals surface area contributed by atoms with E-state index < -0.39 is 22.8 Å². The first-order chi connectivity index (χ1) is 18.3. The normalized spacial score (nSPS) is 15.2. The van der Waals surface area contributed by atoms with E-state index in [1.165, 1.54) is 30.9 Å². The van der Waals surface area contributed by atoms with Crippen molar-refractivity contribution in [1.29, 1.82) is 0 Å². The number of nitro benzene ring substituents is 1. The van der Waals surface area contributed by atoms with Crippen LogP contribution < -0.4 is 5.32 Å². The van der Waals surface area contributed by atoms with E-state index in [9.17, 15) is 19.7 Å². The van der Waals surface area contributed by atoms with Gasteiger partial charge in [0, 0.05) is 41.3 Å². The molecule has 0 bridgehead atoms. The molecule has 2 aromatic carbocycles. The number of nitrogens with one attached hydrogen (secondary N) is 1. The molecule has 38 heavy (non-hydrogen) atoms. The van der Waals surface area contributed by atoms with Crippen LogP contribution in [0.5, 0.6) is 0 Å². The van der Waals surface area contributed by atoms with Crippen molar-refractivity contribution in [2.75, 3.05) is 33.2 Å². The summed E-state index contributed by atoms with van der Waals surface area (Å²) in [4.78, 5) is 38.0. The van der Waals surface area contributed by atoms with Gasteiger partial charge in [-0.15, -0.1) is 11.8 Å². The highest BCUT2D eigenvalue weighted by Gasteiger charge is 2.38. The monoisotopic (exact) mass is 540 g/mol. The highest BCUT2D eigenvalue weighted by Crippen LogP contribution is 2.40. The number of carbonyl (C=O) groups is 2. The van der Waals surface area contributed by atoms with Gasteiger partial charge in [-0.1, -0.05) is 24.3 Å². The van der Waals surface area contributed by atoms with E-state index in [0.717, 1.165) is 17.1 Å². The summed E-state index contributed by atoms with van der Waals surface area (Å²) in [6.45, 7) is 4.28. The summed E-state index contributed by atoms with van der Waals surface area (Å²) in [5, 5.41) is 14.5. The molecule has 0 amide bonds. The molecule has 2 aromatic rings. The van der Waals surface area contributed by atoms with E-state index in [1.54, 1.807) is 38.8 Å². The first-order valence-electron chi connectivity index (χ1n) is 12.2. The van der Waals surface area contributed by atoms with Crippen LogP contribution in [0.4, 0.5) is 5.69 Å². The molecule has 3 rings (SSSR count). The Morgan fingerprint density at radius 3 is 2.32 bits per heavy atom. The molecule has 1 N–H and O–H groups in total. The fourth-order valence-electron chi connectivity index (χ4n) is 4.26. The summed E-state index contributed by atoms with van der Waals surface area (Å²) >= 11 is 1.67. The molecule has 1 unspecified atom stereocenters. The van der Waals surface area contributed by atoms with Crippen LogP contribution in [0.25, 0.3) is 0 Å². The van der Waals surface area contributed by atoms with E-state index in [2.05, 4.69) is 29.6 Å². The Balaban J connectivity index is 1.70. The van der Waals surface area contributed by atoms with Gasteiger partial charge in [0.15, 0.2) is 0 Å². The molecule has 1 aliphatic rings. The number of hydrogen-bond donors (Lipinski definition) is 1. The van der Waals surface area contributed by atoms with E-state index in [1.807, 2.05) is 0 Å². The number of non-ortho nitro benzene ring substituents is 1. The number of rotatable bonds is 12.